The van der Waals surface area contributed by atoms with Crippen LogP contribution < -0.4 is 11.1 Å². The minimum absolute atomic E-state index is 0.405. The smallest absolute Gasteiger partial charge is 0.127 e. The molecule has 5 heteroatoms. The van der Waals surface area contributed by atoms with Gasteiger partial charge < -0.3 is 15.8 Å². The number of pyridine rings is 1. The van der Waals surface area contributed by atoms with Gasteiger partial charge in [0.2, 0.25) is 0 Å². The van der Waals surface area contributed by atoms with Crippen LogP contribution >= 0.6 is 12.2 Å². The molecule has 1 aliphatic rings. The summed E-state index contributed by atoms with van der Waals surface area (Å²) in [6, 6.07) is 9.88. The van der Waals surface area contributed by atoms with Crippen LogP contribution in [-0.4, -0.2) is 29.7 Å². The molecule has 3 rings (SSSR count). The van der Waals surface area contributed by atoms with Gasteiger partial charge in [-0.3, -0.25) is 0 Å². The van der Waals surface area contributed by atoms with Crippen molar-refractivity contribution >= 4 is 33.9 Å². The van der Waals surface area contributed by atoms with E-state index in [1.807, 2.05) is 30.3 Å². The Morgan fingerprint density at radius 1 is 1.33 bits per heavy atom. The number of anilines is 1. The molecule has 1 fully saturated rings. The molecule has 1 aromatic heterocycles. The molecule has 2 aromatic rings. The summed E-state index contributed by atoms with van der Waals surface area (Å²) in [7, 11) is 0. The number of benzene rings is 1. The number of hydrogen-bond donors (Lipinski definition) is 2. The van der Waals surface area contributed by atoms with Crippen molar-refractivity contribution in [3.8, 4) is 0 Å². The van der Waals surface area contributed by atoms with Gasteiger partial charge in [0, 0.05) is 30.7 Å². The molecule has 4 nitrogen and oxygen atoms in total. The zero-order chi connectivity index (χ0) is 14.7. The molecule has 1 aliphatic heterocycles. The molecular weight excluding hydrogens is 282 g/mol. The Kier molecular flexibility index (Phi) is 4.31. The SMILES string of the molecule is NC(=S)c1cc(NCC2CCOCC2)nc2ccccc12. The number of nitrogens with one attached hydrogen (secondary N) is 1. The van der Waals surface area contributed by atoms with Gasteiger partial charge in [-0.1, -0.05) is 30.4 Å². The first-order valence-electron chi connectivity index (χ1n) is 7.25. The second kappa shape index (κ2) is 6.37. The number of nitrogens with zero attached hydrogens (tertiary/aromatic N) is 1. The fourth-order valence-electron chi connectivity index (χ4n) is 2.67. The summed E-state index contributed by atoms with van der Waals surface area (Å²) in [6.07, 6.45) is 2.20. The number of hydrogen-bond acceptors (Lipinski definition) is 4. The average molecular weight is 301 g/mol. The predicted molar refractivity (Wildman–Crippen MR) is 89.7 cm³/mol. The third kappa shape index (κ3) is 3.31. The Morgan fingerprint density at radius 2 is 2.10 bits per heavy atom. The van der Waals surface area contributed by atoms with E-state index in [0.29, 0.717) is 10.9 Å². The molecule has 0 unspecified atom stereocenters. The van der Waals surface area contributed by atoms with Gasteiger partial charge >= 0.3 is 0 Å². The molecule has 0 radical (unpaired) electrons. The van der Waals surface area contributed by atoms with Gasteiger partial charge in [-0.25, -0.2) is 4.98 Å². The van der Waals surface area contributed by atoms with Crippen molar-refractivity contribution in [1.82, 2.24) is 4.98 Å². The monoisotopic (exact) mass is 301 g/mol. The Balaban J connectivity index is 1.83. The fourth-order valence-corrected chi connectivity index (χ4v) is 2.84. The zero-order valence-corrected chi connectivity index (χ0v) is 12.7. The van der Waals surface area contributed by atoms with Gasteiger partial charge in [0.25, 0.3) is 0 Å². The second-order valence-corrected chi connectivity index (χ2v) is 5.81. The molecule has 110 valence electrons. The van der Waals surface area contributed by atoms with E-state index in [1.165, 1.54) is 0 Å². The Bertz CT molecular complexity index is 653. The molecular formula is C16H19N3OS. The summed E-state index contributed by atoms with van der Waals surface area (Å²) in [5.41, 5.74) is 7.64. The molecule has 0 saturated carbocycles. The number of thiocarbonyl (C=S) groups is 1. The summed E-state index contributed by atoms with van der Waals surface area (Å²) in [6.45, 7) is 2.62. The first kappa shape index (κ1) is 14.2. The van der Waals surface area contributed by atoms with Crippen LogP contribution in [0.25, 0.3) is 10.9 Å². The molecule has 0 spiro atoms. The van der Waals surface area contributed by atoms with Crippen molar-refractivity contribution < 1.29 is 4.74 Å². The molecule has 1 saturated heterocycles. The van der Waals surface area contributed by atoms with Gasteiger partial charge in [-0.05, 0) is 30.9 Å². The first-order chi connectivity index (χ1) is 10.2. The lowest BCUT2D eigenvalue weighted by molar-refractivity contribution is 0.0699. The molecule has 0 bridgehead atoms. The maximum atomic E-state index is 5.85. The van der Waals surface area contributed by atoms with Crippen LogP contribution in [0.1, 0.15) is 18.4 Å². The third-order valence-corrected chi connectivity index (χ3v) is 4.11. The van der Waals surface area contributed by atoms with Crippen LogP contribution in [0.3, 0.4) is 0 Å². The van der Waals surface area contributed by atoms with Gasteiger partial charge in [-0.2, -0.15) is 0 Å². The molecule has 3 N–H and O–H groups in total. The van der Waals surface area contributed by atoms with Gasteiger partial charge in [0.05, 0.1) is 5.52 Å². The van der Waals surface area contributed by atoms with Crippen molar-refractivity contribution in [3.05, 3.63) is 35.9 Å². The van der Waals surface area contributed by atoms with E-state index in [1.54, 1.807) is 0 Å². The van der Waals surface area contributed by atoms with E-state index in [0.717, 1.165) is 54.9 Å². The minimum atomic E-state index is 0.405. The minimum Gasteiger partial charge on any atom is -0.389 e. The Morgan fingerprint density at radius 3 is 2.86 bits per heavy atom. The summed E-state index contributed by atoms with van der Waals surface area (Å²) >= 11 is 5.16. The molecule has 2 heterocycles. The first-order valence-corrected chi connectivity index (χ1v) is 7.66. The van der Waals surface area contributed by atoms with Crippen molar-refractivity contribution in [2.24, 2.45) is 11.7 Å². The highest BCUT2D eigenvalue weighted by atomic mass is 32.1. The lowest BCUT2D eigenvalue weighted by Gasteiger charge is -2.22. The van der Waals surface area contributed by atoms with Crippen LogP contribution in [0.2, 0.25) is 0 Å². The second-order valence-electron chi connectivity index (χ2n) is 5.37. The lowest BCUT2D eigenvalue weighted by atomic mass is 10.0. The number of rotatable bonds is 4. The Labute approximate surface area is 129 Å². The largest absolute Gasteiger partial charge is 0.389 e. The summed E-state index contributed by atoms with van der Waals surface area (Å²) < 4.78 is 5.38. The summed E-state index contributed by atoms with van der Waals surface area (Å²) in [5, 5.41) is 4.42. The number of aromatic nitrogens is 1. The zero-order valence-electron chi connectivity index (χ0n) is 11.8. The quantitative estimate of drug-likeness (QED) is 0.850. The van der Waals surface area contributed by atoms with Crippen LogP contribution in [-0.2, 0) is 4.74 Å². The van der Waals surface area contributed by atoms with E-state index < -0.39 is 0 Å². The van der Waals surface area contributed by atoms with Crippen molar-refractivity contribution in [3.63, 3.8) is 0 Å². The van der Waals surface area contributed by atoms with Crippen molar-refractivity contribution in [2.45, 2.75) is 12.8 Å². The molecule has 1 aromatic carbocycles. The van der Waals surface area contributed by atoms with E-state index >= 15 is 0 Å². The average Bonchev–Trinajstić information content (AvgIpc) is 2.53. The lowest BCUT2D eigenvalue weighted by Crippen LogP contribution is -2.23. The normalized spacial score (nSPS) is 16.0. The van der Waals surface area contributed by atoms with Gasteiger partial charge in [-0.15, -0.1) is 0 Å². The van der Waals surface area contributed by atoms with Crippen molar-refractivity contribution in [2.75, 3.05) is 25.1 Å². The van der Waals surface area contributed by atoms with Gasteiger partial charge in [0.15, 0.2) is 0 Å². The standard InChI is InChI=1S/C16H19N3OS/c17-16(21)13-9-15(18-10-11-5-7-20-8-6-11)19-14-4-2-1-3-12(13)14/h1-4,9,11H,5-8,10H2,(H2,17,21)(H,18,19). The van der Waals surface area contributed by atoms with Crippen LogP contribution in [0, 0.1) is 5.92 Å². The third-order valence-electron chi connectivity index (χ3n) is 3.89. The van der Waals surface area contributed by atoms with E-state index in [-0.39, 0.29) is 0 Å². The van der Waals surface area contributed by atoms with E-state index in [9.17, 15) is 0 Å². The number of ether oxygens (including phenoxy) is 1. The molecule has 21 heavy (non-hydrogen) atoms. The predicted octanol–water partition coefficient (Wildman–Crippen LogP) is 2.71. The molecule has 0 atom stereocenters. The maximum absolute atomic E-state index is 5.85. The highest BCUT2D eigenvalue weighted by Gasteiger charge is 2.14. The summed E-state index contributed by atoms with van der Waals surface area (Å²) in [5.74, 6) is 1.48. The summed E-state index contributed by atoms with van der Waals surface area (Å²) in [4.78, 5) is 5.05. The topological polar surface area (TPSA) is 60.2 Å². The highest BCUT2D eigenvalue weighted by Crippen LogP contribution is 2.22. The van der Waals surface area contributed by atoms with Crippen molar-refractivity contribution in [1.29, 1.82) is 0 Å². The number of nitrogens with two attached hydrogens (primary N) is 1. The van der Waals surface area contributed by atoms with Crippen LogP contribution in [0.5, 0.6) is 0 Å². The van der Waals surface area contributed by atoms with E-state index in [4.69, 9.17) is 22.7 Å². The van der Waals surface area contributed by atoms with Gasteiger partial charge in [0.1, 0.15) is 10.8 Å². The highest BCUT2D eigenvalue weighted by molar-refractivity contribution is 7.80. The van der Waals surface area contributed by atoms with Crippen LogP contribution in [0.4, 0.5) is 5.82 Å². The fraction of sp³-hybridized carbons (Fsp3) is 0.375. The van der Waals surface area contributed by atoms with E-state index in [2.05, 4.69) is 10.3 Å². The Hall–Kier alpha value is -1.72. The number of para-hydroxylation sites is 1. The maximum Gasteiger partial charge on any atom is 0.127 e. The molecule has 0 amide bonds. The molecule has 0 aliphatic carbocycles. The van der Waals surface area contributed by atoms with Crippen LogP contribution in [0.15, 0.2) is 30.3 Å². The number of fused-ring (bicyclic) bond motifs is 1.